The Morgan fingerprint density at radius 1 is 1.11 bits per heavy atom. The van der Waals surface area contributed by atoms with E-state index < -0.39 is 0 Å². The van der Waals surface area contributed by atoms with Gasteiger partial charge in [-0.3, -0.25) is 9.59 Å². The molecule has 142 valence electrons. The van der Waals surface area contributed by atoms with Crippen molar-refractivity contribution < 1.29 is 19.1 Å². The summed E-state index contributed by atoms with van der Waals surface area (Å²) in [7, 11) is 4.88. The highest BCUT2D eigenvalue weighted by molar-refractivity contribution is 6.02. The van der Waals surface area contributed by atoms with Gasteiger partial charge in [0, 0.05) is 43.9 Å². The molecule has 0 aliphatic heterocycles. The molecule has 0 aliphatic rings. The molecular weight excluding hydrogens is 344 g/mol. The highest BCUT2D eigenvalue weighted by Gasteiger charge is 2.06. The van der Waals surface area contributed by atoms with Crippen LogP contribution in [0, 0.1) is 0 Å². The van der Waals surface area contributed by atoms with Crippen LogP contribution in [0.5, 0.6) is 11.5 Å². The van der Waals surface area contributed by atoms with Gasteiger partial charge in [-0.15, -0.1) is 0 Å². The number of amides is 2. The topological polar surface area (TPSA) is 67.9 Å². The lowest BCUT2D eigenvalue weighted by molar-refractivity contribution is -0.128. The monoisotopic (exact) mass is 368 g/mol. The van der Waals surface area contributed by atoms with Gasteiger partial charge in [-0.2, -0.15) is 0 Å². The molecule has 6 heteroatoms. The molecule has 2 amide bonds. The zero-order valence-electron chi connectivity index (χ0n) is 16.0. The number of benzene rings is 2. The first-order valence-electron chi connectivity index (χ1n) is 8.44. The van der Waals surface area contributed by atoms with Crippen molar-refractivity contribution >= 4 is 23.6 Å². The number of ether oxygens (including phenoxy) is 2. The van der Waals surface area contributed by atoms with E-state index in [0.717, 1.165) is 11.1 Å². The molecular formula is C21H24N2O4. The van der Waals surface area contributed by atoms with Crippen molar-refractivity contribution in [2.45, 2.75) is 13.5 Å². The van der Waals surface area contributed by atoms with Crippen LogP contribution in [0.2, 0.25) is 0 Å². The standard InChI is InChI=1S/C21H24N2O4/c1-15(24)23(2)14-16-6-5-7-18(12-16)22-21(25)11-9-17-8-10-19(26-3)13-20(17)27-4/h5-13H,14H2,1-4H3,(H,22,25)/b11-9+. The summed E-state index contributed by atoms with van der Waals surface area (Å²) in [6.07, 6.45) is 3.12. The summed E-state index contributed by atoms with van der Waals surface area (Å²) >= 11 is 0. The van der Waals surface area contributed by atoms with E-state index in [0.29, 0.717) is 23.7 Å². The molecule has 0 aromatic heterocycles. The van der Waals surface area contributed by atoms with E-state index in [4.69, 9.17) is 9.47 Å². The lowest BCUT2D eigenvalue weighted by atomic mass is 10.1. The number of hydrogen-bond acceptors (Lipinski definition) is 4. The number of carbonyl (C=O) groups excluding carboxylic acids is 2. The molecule has 2 aromatic rings. The summed E-state index contributed by atoms with van der Waals surface area (Å²) in [5.41, 5.74) is 2.37. The van der Waals surface area contributed by atoms with Gasteiger partial charge in [0.2, 0.25) is 11.8 Å². The molecule has 0 bridgehead atoms. The summed E-state index contributed by atoms with van der Waals surface area (Å²) < 4.78 is 10.5. The Labute approximate surface area is 159 Å². The van der Waals surface area contributed by atoms with E-state index in [1.54, 1.807) is 50.4 Å². The Morgan fingerprint density at radius 3 is 2.56 bits per heavy atom. The van der Waals surface area contributed by atoms with E-state index in [2.05, 4.69) is 5.32 Å². The molecule has 0 unspecified atom stereocenters. The van der Waals surface area contributed by atoms with Crippen LogP contribution in [-0.2, 0) is 16.1 Å². The minimum Gasteiger partial charge on any atom is -0.497 e. The number of anilines is 1. The molecule has 27 heavy (non-hydrogen) atoms. The summed E-state index contributed by atoms with van der Waals surface area (Å²) in [5, 5.41) is 2.82. The second kappa shape index (κ2) is 9.43. The van der Waals surface area contributed by atoms with Crippen molar-refractivity contribution in [3.63, 3.8) is 0 Å². The first kappa shape index (κ1) is 20.0. The average Bonchev–Trinajstić information content (AvgIpc) is 2.66. The maximum absolute atomic E-state index is 12.2. The molecule has 6 nitrogen and oxygen atoms in total. The second-order valence-electron chi connectivity index (χ2n) is 6.01. The molecule has 1 N–H and O–H groups in total. The van der Waals surface area contributed by atoms with Gasteiger partial charge in [0.05, 0.1) is 14.2 Å². The van der Waals surface area contributed by atoms with Gasteiger partial charge < -0.3 is 19.7 Å². The number of rotatable bonds is 7. The van der Waals surface area contributed by atoms with Gasteiger partial charge in [-0.1, -0.05) is 12.1 Å². The van der Waals surface area contributed by atoms with Crippen LogP contribution in [0.25, 0.3) is 6.08 Å². The summed E-state index contributed by atoms with van der Waals surface area (Å²) in [4.78, 5) is 25.2. The lowest BCUT2D eigenvalue weighted by Gasteiger charge is -2.15. The van der Waals surface area contributed by atoms with E-state index >= 15 is 0 Å². The maximum Gasteiger partial charge on any atom is 0.248 e. The fourth-order valence-corrected chi connectivity index (χ4v) is 2.44. The van der Waals surface area contributed by atoms with E-state index in [1.165, 1.54) is 13.0 Å². The normalized spacial score (nSPS) is 10.5. The van der Waals surface area contributed by atoms with Crippen molar-refractivity contribution in [3.8, 4) is 11.5 Å². The Balaban J connectivity index is 2.05. The van der Waals surface area contributed by atoms with Gasteiger partial charge in [0.1, 0.15) is 11.5 Å². The number of nitrogens with zero attached hydrogens (tertiary/aromatic N) is 1. The first-order chi connectivity index (χ1) is 12.9. The molecule has 0 saturated carbocycles. The quantitative estimate of drug-likeness (QED) is 0.761. The van der Waals surface area contributed by atoms with Crippen molar-refractivity contribution in [3.05, 3.63) is 59.7 Å². The van der Waals surface area contributed by atoms with Crippen molar-refractivity contribution in [1.82, 2.24) is 4.90 Å². The fraction of sp³-hybridized carbons (Fsp3) is 0.238. The third-order valence-corrected chi connectivity index (χ3v) is 4.01. The van der Waals surface area contributed by atoms with E-state index in [1.807, 2.05) is 24.3 Å². The smallest absolute Gasteiger partial charge is 0.248 e. The number of carbonyl (C=O) groups is 2. The van der Waals surface area contributed by atoms with Crippen LogP contribution in [0.4, 0.5) is 5.69 Å². The molecule has 0 radical (unpaired) electrons. The van der Waals surface area contributed by atoms with Crippen molar-refractivity contribution in [1.29, 1.82) is 0 Å². The first-order valence-corrected chi connectivity index (χ1v) is 8.44. The average molecular weight is 368 g/mol. The van der Waals surface area contributed by atoms with Gasteiger partial charge in [0.25, 0.3) is 0 Å². The highest BCUT2D eigenvalue weighted by Crippen LogP contribution is 2.25. The maximum atomic E-state index is 12.2. The van der Waals surface area contributed by atoms with Crippen LogP contribution in [-0.4, -0.2) is 38.0 Å². The van der Waals surface area contributed by atoms with Gasteiger partial charge >= 0.3 is 0 Å². The van der Waals surface area contributed by atoms with Crippen molar-refractivity contribution in [2.24, 2.45) is 0 Å². The minimum absolute atomic E-state index is 0.0131. The van der Waals surface area contributed by atoms with Crippen LogP contribution in [0.3, 0.4) is 0 Å². The van der Waals surface area contributed by atoms with Crippen LogP contribution in [0.1, 0.15) is 18.1 Å². The number of nitrogens with one attached hydrogen (secondary N) is 1. The molecule has 2 rings (SSSR count). The Hall–Kier alpha value is -3.28. The summed E-state index contributed by atoms with van der Waals surface area (Å²) in [6.45, 7) is 2.00. The molecule has 0 atom stereocenters. The predicted molar refractivity (Wildman–Crippen MR) is 106 cm³/mol. The fourth-order valence-electron chi connectivity index (χ4n) is 2.44. The Bertz CT molecular complexity index is 846. The van der Waals surface area contributed by atoms with Crippen molar-refractivity contribution in [2.75, 3.05) is 26.6 Å². The van der Waals surface area contributed by atoms with E-state index in [-0.39, 0.29) is 11.8 Å². The predicted octanol–water partition coefficient (Wildman–Crippen LogP) is 3.33. The molecule has 0 heterocycles. The second-order valence-corrected chi connectivity index (χ2v) is 6.01. The lowest BCUT2D eigenvalue weighted by Crippen LogP contribution is -2.23. The van der Waals surface area contributed by atoms with Gasteiger partial charge in [-0.05, 0) is 35.9 Å². The zero-order valence-corrected chi connectivity index (χ0v) is 16.0. The summed E-state index contributed by atoms with van der Waals surface area (Å²) in [6, 6.07) is 12.8. The van der Waals surface area contributed by atoms with Gasteiger partial charge in [-0.25, -0.2) is 0 Å². The molecule has 0 fully saturated rings. The summed E-state index contributed by atoms with van der Waals surface area (Å²) in [5.74, 6) is 1.03. The SMILES string of the molecule is COc1ccc(/C=C/C(=O)Nc2cccc(CN(C)C(C)=O)c2)c(OC)c1. The largest absolute Gasteiger partial charge is 0.497 e. The van der Waals surface area contributed by atoms with Crippen LogP contribution < -0.4 is 14.8 Å². The Morgan fingerprint density at radius 2 is 1.89 bits per heavy atom. The zero-order chi connectivity index (χ0) is 19.8. The van der Waals surface area contributed by atoms with E-state index in [9.17, 15) is 9.59 Å². The Kier molecular flexibility index (Phi) is 7.00. The molecule has 0 spiro atoms. The highest BCUT2D eigenvalue weighted by atomic mass is 16.5. The molecule has 0 saturated heterocycles. The third kappa shape index (κ3) is 5.88. The van der Waals surface area contributed by atoms with Crippen LogP contribution >= 0.6 is 0 Å². The number of hydrogen-bond donors (Lipinski definition) is 1. The molecule has 2 aromatic carbocycles. The number of methoxy groups -OCH3 is 2. The minimum atomic E-state index is -0.259. The third-order valence-electron chi connectivity index (χ3n) is 4.01. The van der Waals surface area contributed by atoms with Crippen LogP contribution in [0.15, 0.2) is 48.5 Å². The van der Waals surface area contributed by atoms with Gasteiger partial charge in [0.15, 0.2) is 0 Å². The molecule has 0 aliphatic carbocycles.